The van der Waals surface area contributed by atoms with Crippen LogP contribution in [0.25, 0.3) is 0 Å². The highest BCUT2D eigenvalue weighted by Crippen LogP contribution is 2.22. The van der Waals surface area contributed by atoms with Gasteiger partial charge in [-0.05, 0) is 51.2 Å². The Bertz CT molecular complexity index is 606. The Kier molecular flexibility index (Phi) is 7.25. The molecule has 5 nitrogen and oxygen atoms in total. The molecule has 1 amide bonds. The standard InChI is InChI=1S/C21H33NO4/c1-14(2)25-18(23)17(22-19(24)26-21(6,7)8)13-15-9-11-16(12-10-15)20(3,4)5/h9-12,14,17H,13H2,1-8H3,(H,22,24). The summed E-state index contributed by atoms with van der Waals surface area (Å²) < 4.78 is 10.6. The average molecular weight is 363 g/mol. The highest BCUT2D eigenvalue weighted by Gasteiger charge is 2.26. The number of rotatable bonds is 5. The molecular formula is C21H33NO4. The van der Waals surface area contributed by atoms with E-state index in [0.717, 1.165) is 5.56 Å². The van der Waals surface area contributed by atoms with Gasteiger partial charge in [-0.1, -0.05) is 45.0 Å². The summed E-state index contributed by atoms with van der Waals surface area (Å²) in [4.78, 5) is 24.5. The summed E-state index contributed by atoms with van der Waals surface area (Å²) in [7, 11) is 0. The minimum atomic E-state index is -0.798. The normalized spacial score (nSPS) is 13.3. The molecule has 0 saturated carbocycles. The largest absolute Gasteiger partial charge is 0.461 e. The third-order valence-corrected chi connectivity index (χ3v) is 3.59. The van der Waals surface area contributed by atoms with Crippen molar-refractivity contribution in [3.8, 4) is 0 Å². The van der Waals surface area contributed by atoms with Gasteiger partial charge in [0, 0.05) is 6.42 Å². The summed E-state index contributed by atoms with van der Waals surface area (Å²) >= 11 is 0. The first-order chi connectivity index (χ1) is 11.8. The van der Waals surface area contributed by atoms with Gasteiger partial charge in [-0.2, -0.15) is 0 Å². The van der Waals surface area contributed by atoms with E-state index < -0.39 is 23.7 Å². The molecule has 0 fully saturated rings. The van der Waals surface area contributed by atoms with E-state index >= 15 is 0 Å². The van der Waals surface area contributed by atoms with Crippen LogP contribution in [0.5, 0.6) is 0 Å². The summed E-state index contributed by atoms with van der Waals surface area (Å²) in [6, 6.07) is 7.26. The molecule has 1 unspecified atom stereocenters. The molecule has 1 N–H and O–H groups in total. The van der Waals surface area contributed by atoms with E-state index in [1.165, 1.54) is 5.56 Å². The van der Waals surface area contributed by atoms with E-state index in [4.69, 9.17) is 9.47 Å². The van der Waals surface area contributed by atoms with E-state index in [0.29, 0.717) is 6.42 Å². The zero-order chi connectivity index (χ0) is 20.1. The van der Waals surface area contributed by atoms with Crippen LogP contribution in [0.2, 0.25) is 0 Å². The second-order valence-electron chi connectivity index (χ2n) is 8.84. The monoisotopic (exact) mass is 363 g/mol. The van der Waals surface area contributed by atoms with Crippen molar-refractivity contribution >= 4 is 12.1 Å². The smallest absolute Gasteiger partial charge is 0.408 e. The lowest BCUT2D eigenvalue weighted by Gasteiger charge is -2.24. The third-order valence-electron chi connectivity index (χ3n) is 3.59. The fourth-order valence-corrected chi connectivity index (χ4v) is 2.33. The van der Waals surface area contributed by atoms with Crippen molar-refractivity contribution in [1.29, 1.82) is 0 Å². The van der Waals surface area contributed by atoms with Gasteiger partial charge < -0.3 is 14.8 Å². The first kappa shape index (κ1) is 22.0. The first-order valence-corrected chi connectivity index (χ1v) is 9.07. The average Bonchev–Trinajstić information content (AvgIpc) is 2.43. The van der Waals surface area contributed by atoms with Crippen molar-refractivity contribution < 1.29 is 19.1 Å². The molecule has 1 aromatic rings. The molecule has 26 heavy (non-hydrogen) atoms. The molecule has 0 radical (unpaired) electrons. The lowest BCUT2D eigenvalue weighted by atomic mass is 9.86. The third kappa shape index (κ3) is 7.89. The van der Waals surface area contributed by atoms with Gasteiger partial charge in [-0.15, -0.1) is 0 Å². The summed E-state index contributed by atoms with van der Waals surface area (Å²) in [6.45, 7) is 15.3. The Hall–Kier alpha value is -2.04. The van der Waals surface area contributed by atoms with Gasteiger partial charge in [0.1, 0.15) is 11.6 Å². The van der Waals surface area contributed by atoms with E-state index in [1.54, 1.807) is 34.6 Å². The van der Waals surface area contributed by atoms with Crippen molar-refractivity contribution in [3.63, 3.8) is 0 Å². The first-order valence-electron chi connectivity index (χ1n) is 9.07. The molecular weight excluding hydrogens is 330 g/mol. The number of alkyl carbamates (subject to hydrolysis) is 1. The Labute approximate surface area is 157 Å². The fourth-order valence-electron chi connectivity index (χ4n) is 2.33. The Morgan fingerprint density at radius 2 is 1.54 bits per heavy atom. The number of ether oxygens (including phenoxy) is 2. The predicted molar refractivity (Wildman–Crippen MR) is 103 cm³/mol. The van der Waals surface area contributed by atoms with Crippen LogP contribution < -0.4 is 5.32 Å². The highest BCUT2D eigenvalue weighted by atomic mass is 16.6. The van der Waals surface area contributed by atoms with Crippen LogP contribution in [0.1, 0.15) is 66.5 Å². The Morgan fingerprint density at radius 3 is 1.96 bits per heavy atom. The van der Waals surface area contributed by atoms with E-state index in [1.807, 2.05) is 24.3 Å². The Balaban J connectivity index is 2.91. The van der Waals surface area contributed by atoms with E-state index in [-0.39, 0.29) is 11.5 Å². The topological polar surface area (TPSA) is 64.6 Å². The molecule has 0 aliphatic carbocycles. The van der Waals surface area contributed by atoms with Crippen LogP contribution in [-0.2, 0) is 26.1 Å². The number of hydrogen-bond donors (Lipinski definition) is 1. The zero-order valence-electron chi connectivity index (χ0n) is 17.3. The Morgan fingerprint density at radius 1 is 1.00 bits per heavy atom. The minimum Gasteiger partial charge on any atom is -0.461 e. The number of amides is 1. The number of nitrogens with one attached hydrogen (secondary N) is 1. The number of benzene rings is 1. The number of hydrogen-bond acceptors (Lipinski definition) is 4. The SMILES string of the molecule is CC(C)OC(=O)C(Cc1ccc(C(C)(C)C)cc1)NC(=O)OC(C)(C)C. The number of carbonyl (C=O) groups is 2. The van der Waals surface area contributed by atoms with Gasteiger partial charge in [0.05, 0.1) is 6.10 Å². The van der Waals surface area contributed by atoms with Crippen LogP contribution >= 0.6 is 0 Å². The van der Waals surface area contributed by atoms with Crippen LogP contribution in [-0.4, -0.2) is 29.8 Å². The molecule has 146 valence electrons. The molecule has 0 aromatic heterocycles. The molecule has 0 saturated heterocycles. The van der Waals surface area contributed by atoms with Gasteiger partial charge in [0.15, 0.2) is 0 Å². The van der Waals surface area contributed by atoms with Crippen LogP contribution in [0.3, 0.4) is 0 Å². The zero-order valence-corrected chi connectivity index (χ0v) is 17.3. The number of esters is 1. The molecule has 1 atom stereocenters. The molecule has 0 aliphatic heterocycles. The minimum absolute atomic E-state index is 0.0588. The lowest BCUT2D eigenvalue weighted by Crippen LogP contribution is -2.46. The molecule has 1 rings (SSSR count). The maximum Gasteiger partial charge on any atom is 0.408 e. The fraction of sp³-hybridized carbons (Fsp3) is 0.619. The number of carbonyl (C=O) groups excluding carboxylic acids is 2. The van der Waals surface area contributed by atoms with Crippen molar-refractivity contribution in [2.45, 2.75) is 85.0 Å². The quantitative estimate of drug-likeness (QED) is 0.789. The van der Waals surface area contributed by atoms with E-state index in [2.05, 4.69) is 26.1 Å². The van der Waals surface area contributed by atoms with Crippen molar-refractivity contribution in [2.24, 2.45) is 0 Å². The molecule has 0 aliphatic rings. The van der Waals surface area contributed by atoms with Crippen LogP contribution in [0.4, 0.5) is 4.79 Å². The maximum atomic E-state index is 12.4. The molecule has 0 heterocycles. The molecule has 0 bridgehead atoms. The van der Waals surface area contributed by atoms with Crippen molar-refractivity contribution in [3.05, 3.63) is 35.4 Å². The maximum absolute atomic E-state index is 12.4. The summed E-state index contributed by atoms with van der Waals surface area (Å²) in [5, 5.41) is 2.64. The summed E-state index contributed by atoms with van der Waals surface area (Å²) in [5.41, 5.74) is 1.58. The summed E-state index contributed by atoms with van der Waals surface area (Å²) in [6.07, 6.45) is -0.543. The van der Waals surface area contributed by atoms with Crippen molar-refractivity contribution in [1.82, 2.24) is 5.32 Å². The van der Waals surface area contributed by atoms with Gasteiger partial charge in [0.25, 0.3) is 0 Å². The molecule has 5 heteroatoms. The highest BCUT2D eigenvalue weighted by molar-refractivity contribution is 5.81. The van der Waals surface area contributed by atoms with Gasteiger partial charge in [0.2, 0.25) is 0 Å². The molecule has 1 aromatic carbocycles. The van der Waals surface area contributed by atoms with Crippen LogP contribution in [0.15, 0.2) is 24.3 Å². The van der Waals surface area contributed by atoms with Crippen molar-refractivity contribution in [2.75, 3.05) is 0 Å². The second-order valence-corrected chi connectivity index (χ2v) is 8.84. The van der Waals surface area contributed by atoms with Gasteiger partial charge in [-0.25, -0.2) is 9.59 Å². The second kappa shape index (κ2) is 8.56. The van der Waals surface area contributed by atoms with E-state index in [9.17, 15) is 9.59 Å². The van der Waals surface area contributed by atoms with Crippen LogP contribution in [0, 0.1) is 0 Å². The lowest BCUT2D eigenvalue weighted by molar-refractivity contribution is -0.149. The molecule has 0 spiro atoms. The predicted octanol–water partition coefficient (Wildman–Crippen LogP) is 4.37. The summed E-state index contributed by atoms with van der Waals surface area (Å²) in [5.74, 6) is -0.467. The van der Waals surface area contributed by atoms with Gasteiger partial charge >= 0.3 is 12.1 Å². The van der Waals surface area contributed by atoms with Gasteiger partial charge in [-0.3, -0.25) is 0 Å².